The molecule has 0 atom stereocenters. The molecule has 0 spiro atoms. The molecule has 0 aromatic carbocycles. The van der Waals surface area contributed by atoms with Gasteiger partial charge in [-0.1, -0.05) is 24.6 Å². The maximum Gasteiger partial charge on any atom is 0.131 e. The van der Waals surface area contributed by atoms with Crippen LogP contribution in [0, 0.1) is 0 Å². The second-order valence-corrected chi connectivity index (χ2v) is 3.42. The molecule has 1 rings (SSSR count). The van der Waals surface area contributed by atoms with Crippen molar-refractivity contribution in [2.75, 3.05) is 24.6 Å². The summed E-state index contributed by atoms with van der Waals surface area (Å²) in [7, 11) is 0. The summed E-state index contributed by atoms with van der Waals surface area (Å²) in [5, 5.41) is 9.38. The summed E-state index contributed by atoms with van der Waals surface area (Å²) < 4.78 is 0. The lowest BCUT2D eigenvalue weighted by Crippen LogP contribution is -2.28. The summed E-state index contributed by atoms with van der Waals surface area (Å²) in [4.78, 5) is 6.21. The van der Waals surface area contributed by atoms with E-state index in [4.69, 9.17) is 16.7 Å². The third kappa shape index (κ3) is 3.16. The molecule has 0 aliphatic carbocycles. The van der Waals surface area contributed by atoms with Crippen LogP contribution in [0.5, 0.6) is 0 Å². The number of rotatable bonds is 5. The fourth-order valence-corrected chi connectivity index (χ4v) is 1.46. The zero-order valence-electron chi connectivity index (χ0n) is 8.28. The molecular weight excluding hydrogens is 200 g/mol. The minimum absolute atomic E-state index is 0.133. The molecule has 0 saturated heterocycles. The molecule has 3 nitrogen and oxygen atoms in total. The molecule has 1 aromatic heterocycles. The third-order valence-corrected chi connectivity index (χ3v) is 2.10. The lowest BCUT2D eigenvalue weighted by Gasteiger charge is -2.21. The predicted octanol–water partition coefficient (Wildman–Crippen LogP) is 1.94. The van der Waals surface area contributed by atoms with Gasteiger partial charge in [0.15, 0.2) is 0 Å². The fraction of sp³-hybridized carbons (Fsp3) is 0.500. The van der Waals surface area contributed by atoms with Crippen molar-refractivity contribution < 1.29 is 5.11 Å². The zero-order chi connectivity index (χ0) is 10.4. The van der Waals surface area contributed by atoms with E-state index < -0.39 is 0 Å². The van der Waals surface area contributed by atoms with Crippen molar-refractivity contribution in [3.63, 3.8) is 0 Å². The molecule has 0 saturated carbocycles. The number of aliphatic hydroxyl groups is 1. The van der Waals surface area contributed by atoms with Gasteiger partial charge in [0.25, 0.3) is 0 Å². The van der Waals surface area contributed by atoms with Crippen molar-refractivity contribution in [3.8, 4) is 0 Å². The highest BCUT2D eigenvalue weighted by Gasteiger charge is 2.05. The van der Waals surface area contributed by atoms with Crippen LogP contribution in [0.15, 0.2) is 18.2 Å². The topological polar surface area (TPSA) is 36.4 Å². The maximum atomic E-state index is 8.89. The molecule has 1 N–H and O–H groups in total. The molecule has 14 heavy (non-hydrogen) atoms. The Hall–Kier alpha value is -0.800. The Balaban J connectivity index is 2.75. The van der Waals surface area contributed by atoms with Gasteiger partial charge in [0.1, 0.15) is 11.0 Å². The molecule has 0 fully saturated rings. The molecule has 0 aliphatic heterocycles. The Morgan fingerprint density at radius 1 is 1.43 bits per heavy atom. The number of halogens is 1. The smallest absolute Gasteiger partial charge is 0.131 e. The number of anilines is 1. The quantitative estimate of drug-likeness (QED) is 0.762. The first kappa shape index (κ1) is 11.3. The second-order valence-electron chi connectivity index (χ2n) is 3.03. The van der Waals surface area contributed by atoms with E-state index in [0.717, 1.165) is 18.8 Å². The van der Waals surface area contributed by atoms with Crippen LogP contribution in [0.4, 0.5) is 5.82 Å². The van der Waals surface area contributed by atoms with Crippen LogP contribution in [0.1, 0.15) is 13.3 Å². The minimum atomic E-state index is 0.133. The SMILES string of the molecule is CCCN(CCO)c1cccc(Cl)n1. The van der Waals surface area contributed by atoms with E-state index in [2.05, 4.69) is 11.9 Å². The van der Waals surface area contributed by atoms with Crippen molar-refractivity contribution in [2.45, 2.75) is 13.3 Å². The number of nitrogens with zero attached hydrogens (tertiary/aromatic N) is 2. The van der Waals surface area contributed by atoms with Gasteiger partial charge in [-0.2, -0.15) is 0 Å². The number of aliphatic hydroxyl groups excluding tert-OH is 1. The van der Waals surface area contributed by atoms with E-state index in [9.17, 15) is 0 Å². The monoisotopic (exact) mass is 214 g/mol. The highest BCUT2D eigenvalue weighted by molar-refractivity contribution is 6.29. The highest BCUT2D eigenvalue weighted by atomic mass is 35.5. The van der Waals surface area contributed by atoms with Crippen molar-refractivity contribution >= 4 is 17.4 Å². The molecule has 78 valence electrons. The van der Waals surface area contributed by atoms with Gasteiger partial charge in [-0.05, 0) is 18.6 Å². The fourth-order valence-electron chi connectivity index (χ4n) is 1.31. The Kier molecular flexibility index (Phi) is 4.70. The van der Waals surface area contributed by atoms with E-state index in [-0.39, 0.29) is 6.61 Å². The number of pyridine rings is 1. The van der Waals surface area contributed by atoms with Crippen LogP contribution in [0.3, 0.4) is 0 Å². The van der Waals surface area contributed by atoms with Gasteiger partial charge in [-0.25, -0.2) is 4.98 Å². The van der Waals surface area contributed by atoms with Gasteiger partial charge >= 0.3 is 0 Å². The summed E-state index contributed by atoms with van der Waals surface area (Å²) >= 11 is 5.79. The van der Waals surface area contributed by atoms with E-state index in [1.807, 2.05) is 17.0 Å². The van der Waals surface area contributed by atoms with Crippen LogP contribution in [0.2, 0.25) is 5.15 Å². The van der Waals surface area contributed by atoms with Gasteiger partial charge in [0.2, 0.25) is 0 Å². The van der Waals surface area contributed by atoms with Crippen molar-refractivity contribution in [1.29, 1.82) is 0 Å². The summed E-state index contributed by atoms with van der Waals surface area (Å²) in [6.07, 6.45) is 1.02. The van der Waals surface area contributed by atoms with Crippen LogP contribution in [0.25, 0.3) is 0 Å². The van der Waals surface area contributed by atoms with Gasteiger partial charge in [-0.15, -0.1) is 0 Å². The summed E-state index contributed by atoms with van der Waals surface area (Å²) in [5.74, 6) is 0.827. The average Bonchev–Trinajstić information content (AvgIpc) is 2.17. The Morgan fingerprint density at radius 3 is 2.79 bits per heavy atom. The molecule has 0 bridgehead atoms. The highest BCUT2D eigenvalue weighted by Crippen LogP contribution is 2.14. The summed E-state index contributed by atoms with van der Waals surface area (Å²) in [5.41, 5.74) is 0. The molecule has 0 unspecified atom stereocenters. The molecule has 0 radical (unpaired) electrons. The lowest BCUT2D eigenvalue weighted by molar-refractivity contribution is 0.301. The zero-order valence-corrected chi connectivity index (χ0v) is 9.04. The van der Waals surface area contributed by atoms with E-state index >= 15 is 0 Å². The third-order valence-electron chi connectivity index (χ3n) is 1.89. The van der Waals surface area contributed by atoms with Crippen molar-refractivity contribution in [1.82, 2.24) is 4.98 Å². The first-order valence-corrected chi connectivity index (χ1v) is 5.14. The Labute approximate surface area is 89.3 Å². The number of aromatic nitrogens is 1. The van der Waals surface area contributed by atoms with Gasteiger partial charge in [0, 0.05) is 13.1 Å². The van der Waals surface area contributed by atoms with Crippen LogP contribution in [-0.2, 0) is 0 Å². The first-order valence-electron chi connectivity index (χ1n) is 4.76. The summed E-state index contributed by atoms with van der Waals surface area (Å²) in [6, 6.07) is 5.51. The predicted molar refractivity (Wildman–Crippen MR) is 58.8 cm³/mol. The molecule has 1 aromatic rings. The van der Waals surface area contributed by atoms with Gasteiger partial charge in [-0.3, -0.25) is 0 Å². The number of hydrogen-bond donors (Lipinski definition) is 1. The Morgan fingerprint density at radius 2 is 2.21 bits per heavy atom. The van der Waals surface area contributed by atoms with E-state index in [1.165, 1.54) is 0 Å². The lowest BCUT2D eigenvalue weighted by atomic mass is 10.3. The van der Waals surface area contributed by atoms with Crippen LogP contribution >= 0.6 is 11.6 Å². The standard InChI is InChI=1S/C10H15ClN2O/c1-2-6-13(7-8-14)10-5-3-4-9(11)12-10/h3-5,14H,2,6-8H2,1H3. The first-order chi connectivity index (χ1) is 6.77. The summed E-state index contributed by atoms with van der Waals surface area (Å²) in [6.45, 7) is 3.71. The molecule has 0 amide bonds. The normalized spacial score (nSPS) is 10.2. The molecule has 1 heterocycles. The van der Waals surface area contributed by atoms with E-state index in [0.29, 0.717) is 11.7 Å². The van der Waals surface area contributed by atoms with Gasteiger partial charge < -0.3 is 10.0 Å². The molecular formula is C10H15ClN2O. The second kappa shape index (κ2) is 5.83. The number of hydrogen-bond acceptors (Lipinski definition) is 3. The van der Waals surface area contributed by atoms with Crippen LogP contribution in [-0.4, -0.2) is 29.8 Å². The van der Waals surface area contributed by atoms with Crippen molar-refractivity contribution in [2.24, 2.45) is 0 Å². The van der Waals surface area contributed by atoms with E-state index in [1.54, 1.807) is 6.07 Å². The molecule has 4 heteroatoms. The minimum Gasteiger partial charge on any atom is -0.395 e. The average molecular weight is 215 g/mol. The van der Waals surface area contributed by atoms with Crippen LogP contribution < -0.4 is 4.90 Å². The molecule has 0 aliphatic rings. The largest absolute Gasteiger partial charge is 0.395 e. The maximum absolute atomic E-state index is 8.89. The van der Waals surface area contributed by atoms with Gasteiger partial charge in [0.05, 0.1) is 6.61 Å². The van der Waals surface area contributed by atoms with Crippen molar-refractivity contribution in [3.05, 3.63) is 23.4 Å². The Bertz CT molecular complexity index is 275.